The molecule has 0 aromatic rings. The standard InChI is InChI=1S/C8H8N2OS/c1-5-9-6-2-3-12-7(4-6)8(11)10-5/h2-4,7H,1H3,(H,9,10,11). The summed E-state index contributed by atoms with van der Waals surface area (Å²) < 4.78 is 0. The molecule has 4 heteroatoms. The molecule has 1 unspecified atom stereocenters. The van der Waals surface area contributed by atoms with Crippen LogP contribution >= 0.6 is 11.8 Å². The third-order valence-electron chi connectivity index (χ3n) is 1.65. The highest BCUT2D eigenvalue weighted by atomic mass is 32.2. The second-order valence-electron chi connectivity index (χ2n) is 2.64. The molecule has 1 atom stereocenters. The number of carbonyl (C=O) groups is 1. The molecule has 2 heterocycles. The summed E-state index contributed by atoms with van der Waals surface area (Å²) in [5, 5.41) is 4.51. The molecule has 0 aliphatic carbocycles. The Morgan fingerprint density at radius 3 is 3.33 bits per heavy atom. The molecule has 2 aliphatic rings. The molecule has 0 spiro atoms. The summed E-state index contributed by atoms with van der Waals surface area (Å²) in [5.74, 6) is 0.682. The Kier molecular flexibility index (Phi) is 1.77. The van der Waals surface area contributed by atoms with E-state index in [0.29, 0.717) is 5.84 Å². The Balaban J connectivity index is 2.38. The molecule has 2 rings (SSSR count). The summed E-state index contributed by atoms with van der Waals surface area (Å²) in [5.41, 5.74) is 0.870. The average molecular weight is 180 g/mol. The van der Waals surface area contributed by atoms with Crippen molar-refractivity contribution in [1.29, 1.82) is 0 Å². The molecule has 0 aromatic carbocycles. The van der Waals surface area contributed by atoms with Gasteiger partial charge in [0, 0.05) is 0 Å². The number of fused-ring (bicyclic) bond motifs is 1. The molecule has 0 saturated carbocycles. The second-order valence-corrected chi connectivity index (χ2v) is 3.69. The van der Waals surface area contributed by atoms with Crippen molar-refractivity contribution in [3.05, 3.63) is 23.3 Å². The molecule has 3 nitrogen and oxygen atoms in total. The Morgan fingerprint density at radius 2 is 2.50 bits per heavy atom. The van der Waals surface area contributed by atoms with Crippen LogP contribution in [0.15, 0.2) is 28.2 Å². The number of nitrogens with one attached hydrogen (secondary N) is 1. The molecule has 62 valence electrons. The predicted octanol–water partition coefficient (Wildman–Crippen LogP) is 1.05. The van der Waals surface area contributed by atoms with Gasteiger partial charge in [0.25, 0.3) is 0 Å². The smallest absolute Gasteiger partial charge is 0.242 e. The highest BCUT2D eigenvalue weighted by molar-refractivity contribution is 8.03. The molecule has 12 heavy (non-hydrogen) atoms. The summed E-state index contributed by atoms with van der Waals surface area (Å²) in [6.07, 6.45) is 3.78. The van der Waals surface area contributed by atoms with Crippen LogP contribution in [0.2, 0.25) is 0 Å². The van der Waals surface area contributed by atoms with Crippen molar-refractivity contribution in [3.63, 3.8) is 0 Å². The number of allylic oxidation sites excluding steroid dienone is 1. The highest BCUT2D eigenvalue weighted by Gasteiger charge is 2.21. The van der Waals surface area contributed by atoms with Crippen LogP contribution in [0.4, 0.5) is 0 Å². The summed E-state index contributed by atoms with van der Waals surface area (Å²) in [7, 11) is 0. The minimum absolute atomic E-state index is 0.0144. The van der Waals surface area contributed by atoms with Crippen LogP contribution < -0.4 is 5.32 Å². The number of carbonyl (C=O) groups excluding carboxylic acids is 1. The predicted molar refractivity (Wildman–Crippen MR) is 49.9 cm³/mol. The number of nitrogens with zero attached hydrogens (tertiary/aromatic N) is 1. The van der Waals surface area contributed by atoms with Gasteiger partial charge in [-0.25, -0.2) is 4.99 Å². The number of amidine groups is 1. The van der Waals surface area contributed by atoms with E-state index in [-0.39, 0.29) is 11.2 Å². The van der Waals surface area contributed by atoms with Gasteiger partial charge in [0.05, 0.1) is 5.70 Å². The van der Waals surface area contributed by atoms with Crippen LogP contribution in [0.25, 0.3) is 0 Å². The van der Waals surface area contributed by atoms with E-state index in [4.69, 9.17) is 0 Å². The lowest BCUT2D eigenvalue weighted by atomic mass is 10.3. The summed E-state index contributed by atoms with van der Waals surface area (Å²) in [6, 6.07) is 0. The lowest BCUT2D eigenvalue weighted by Gasteiger charge is -2.09. The maximum Gasteiger partial charge on any atom is 0.242 e. The van der Waals surface area contributed by atoms with Crippen molar-refractivity contribution >= 4 is 23.5 Å². The van der Waals surface area contributed by atoms with Gasteiger partial charge in [-0.2, -0.15) is 0 Å². The first kappa shape index (κ1) is 7.61. The molecule has 1 amide bonds. The third-order valence-corrected chi connectivity index (χ3v) is 2.58. The maximum absolute atomic E-state index is 11.3. The van der Waals surface area contributed by atoms with Crippen LogP contribution in [0.1, 0.15) is 6.92 Å². The monoisotopic (exact) mass is 180 g/mol. The van der Waals surface area contributed by atoms with E-state index >= 15 is 0 Å². The number of hydrogen-bond donors (Lipinski definition) is 1. The van der Waals surface area contributed by atoms with Gasteiger partial charge < -0.3 is 5.32 Å². The van der Waals surface area contributed by atoms with E-state index in [1.54, 1.807) is 6.92 Å². The van der Waals surface area contributed by atoms with Gasteiger partial charge in [0.1, 0.15) is 11.1 Å². The van der Waals surface area contributed by atoms with E-state index < -0.39 is 0 Å². The first-order chi connectivity index (χ1) is 5.75. The average Bonchev–Trinajstić information content (AvgIpc) is 2.11. The number of thioether (sulfide) groups is 1. The van der Waals surface area contributed by atoms with E-state index in [1.807, 2.05) is 17.6 Å². The zero-order valence-corrected chi connectivity index (χ0v) is 7.39. The van der Waals surface area contributed by atoms with Gasteiger partial charge >= 0.3 is 0 Å². The zero-order valence-electron chi connectivity index (χ0n) is 6.57. The molecule has 0 aromatic heterocycles. The molecule has 2 aliphatic heterocycles. The van der Waals surface area contributed by atoms with Gasteiger partial charge in [0.15, 0.2) is 0 Å². The fourth-order valence-electron chi connectivity index (χ4n) is 1.13. The van der Waals surface area contributed by atoms with Crippen molar-refractivity contribution in [2.45, 2.75) is 12.2 Å². The van der Waals surface area contributed by atoms with E-state index in [0.717, 1.165) is 5.70 Å². The van der Waals surface area contributed by atoms with E-state index in [9.17, 15) is 4.79 Å². The molecular weight excluding hydrogens is 172 g/mol. The molecule has 0 fully saturated rings. The van der Waals surface area contributed by atoms with Crippen molar-refractivity contribution in [2.24, 2.45) is 4.99 Å². The summed E-state index contributed by atoms with van der Waals surface area (Å²) >= 11 is 1.50. The molecular formula is C8H8N2OS. The number of rotatable bonds is 0. The number of amides is 1. The molecule has 0 saturated heterocycles. The van der Waals surface area contributed by atoms with Crippen molar-refractivity contribution in [3.8, 4) is 0 Å². The Morgan fingerprint density at radius 1 is 1.67 bits per heavy atom. The topological polar surface area (TPSA) is 41.5 Å². The summed E-state index contributed by atoms with van der Waals surface area (Å²) in [6.45, 7) is 1.79. The Labute approximate surface area is 74.6 Å². The maximum atomic E-state index is 11.3. The van der Waals surface area contributed by atoms with Gasteiger partial charge in [-0.1, -0.05) is 0 Å². The number of aliphatic imine (C=N–C) groups is 1. The van der Waals surface area contributed by atoms with Crippen LogP contribution in [-0.2, 0) is 4.79 Å². The minimum Gasteiger partial charge on any atom is -0.313 e. The van der Waals surface area contributed by atoms with E-state index in [2.05, 4.69) is 10.3 Å². The van der Waals surface area contributed by atoms with Crippen molar-refractivity contribution < 1.29 is 4.79 Å². The minimum atomic E-state index is -0.105. The van der Waals surface area contributed by atoms with Crippen LogP contribution in [0.3, 0.4) is 0 Å². The molecule has 0 radical (unpaired) electrons. The van der Waals surface area contributed by atoms with Gasteiger partial charge in [-0.05, 0) is 24.5 Å². The number of hydrogen-bond acceptors (Lipinski definition) is 3. The highest BCUT2D eigenvalue weighted by Crippen LogP contribution is 2.24. The SMILES string of the molecule is CC1=NC2=CC(SC=C2)C(=O)N1. The van der Waals surface area contributed by atoms with E-state index in [1.165, 1.54) is 11.8 Å². The first-order valence-electron chi connectivity index (χ1n) is 3.66. The van der Waals surface area contributed by atoms with Gasteiger partial charge in [-0.15, -0.1) is 11.8 Å². The van der Waals surface area contributed by atoms with Gasteiger partial charge in [-0.3, -0.25) is 4.79 Å². The summed E-state index contributed by atoms with van der Waals surface area (Å²) in [4.78, 5) is 15.5. The normalized spacial score (nSPS) is 27.1. The van der Waals surface area contributed by atoms with Gasteiger partial charge in [0.2, 0.25) is 5.91 Å². The Hall–Kier alpha value is -1.03. The first-order valence-corrected chi connectivity index (χ1v) is 4.60. The lowest BCUT2D eigenvalue weighted by Crippen LogP contribution is -2.33. The second kappa shape index (κ2) is 2.79. The zero-order chi connectivity index (χ0) is 8.55. The van der Waals surface area contributed by atoms with Crippen LogP contribution in [0, 0.1) is 0 Å². The van der Waals surface area contributed by atoms with Crippen LogP contribution in [0.5, 0.6) is 0 Å². The fourth-order valence-corrected chi connectivity index (χ4v) is 1.91. The lowest BCUT2D eigenvalue weighted by molar-refractivity contribution is -0.118. The fraction of sp³-hybridized carbons (Fsp3) is 0.250. The van der Waals surface area contributed by atoms with Crippen LogP contribution in [-0.4, -0.2) is 17.0 Å². The van der Waals surface area contributed by atoms with Crippen molar-refractivity contribution in [1.82, 2.24) is 5.32 Å². The third kappa shape index (κ3) is 1.30. The quantitative estimate of drug-likeness (QED) is 0.605. The molecule has 2 bridgehead atoms. The van der Waals surface area contributed by atoms with Crippen molar-refractivity contribution in [2.75, 3.05) is 0 Å². The Bertz CT molecular complexity index is 317. The molecule has 1 N–H and O–H groups in total. The largest absolute Gasteiger partial charge is 0.313 e.